The predicted octanol–water partition coefficient (Wildman–Crippen LogP) is 2.24. The average Bonchev–Trinajstić information content (AvgIpc) is 3.18. The lowest BCUT2D eigenvalue weighted by atomic mass is 9.99. The number of carboxylic acid groups (broad SMARTS) is 2. The normalized spacial score (nSPS) is 12.3. The van der Waals surface area contributed by atoms with E-state index in [-0.39, 0.29) is 39.3 Å². The molecule has 4 aromatic carbocycles. The Morgan fingerprint density at radius 1 is 0.553 bits per heavy atom. The molecule has 0 atom stereocenters. The number of ether oxygens (including phenoxy) is 1. The number of amides is 2. The van der Waals surface area contributed by atoms with Crippen LogP contribution >= 0.6 is 0 Å². The minimum absolute atomic E-state index is 0.0181. The van der Waals surface area contributed by atoms with Crippen molar-refractivity contribution in [2.75, 3.05) is 4.90 Å². The number of imide groups is 1. The zero-order chi connectivity index (χ0) is 27.0. The van der Waals surface area contributed by atoms with Gasteiger partial charge in [-0.15, -0.1) is 0 Å². The van der Waals surface area contributed by atoms with Crippen molar-refractivity contribution in [2.24, 2.45) is 0 Å². The van der Waals surface area contributed by atoms with Gasteiger partial charge in [0, 0.05) is 11.1 Å². The number of anilines is 1. The van der Waals surface area contributed by atoms with E-state index in [2.05, 4.69) is 0 Å². The van der Waals surface area contributed by atoms with Crippen LogP contribution in [0.5, 0.6) is 11.5 Å². The van der Waals surface area contributed by atoms with Crippen LogP contribution < -0.4 is 19.8 Å². The highest BCUT2D eigenvalue weighted by molar-refractivity contribution is 6.35. The molecular formula is C29H15NO8-2. The molecular weight excluding hydrogens is 490 g/mol. The van der Waals surface area contributed by atoms with Crippen LogP contribution in [-0.2, 0) is 0 Å². The van der Waals surface area contributed by atoms with E-state index in [0.717, 1.165) is 4.90 Å². The third-order valence-corrected chi connectivity index (χ3v) is 5.95. The van der Waals surface area contributed by atoms with Gasteiger partial charge in [0.25, 0.3) is 11.8 Å². The molecule has 1 aliphatic rings. The van der Waals surface area contributed by atoms with E-state index < -0.39 is 23.8 Å². The van der Waals surface area contributed by atoms with Crippen LogP contribution in [0.1, 0.15) is 57.4 Å². The van der Waals surface area contributed by atoms with Crippen molar-refractivity contribution >= 4 is 35.2 Å². The second kappa shape index (κ2) is 9.47. The fourth-order valence-corrected chi connectivity index (χ4v) is 4.00. The summed E-state index contributed by atoms with van der Waals surface area (Å²) in [7, 11) is 0. The van der Waals surface area contributed by atoms with Gasteiger partial charge in [-0.05, 0) is 83.9 Å². The lowest BCUT2D eigenvalue weighted by Gasteiger charge is -2.14. The van der Waals surface area contributed by atoms with Gasteiger partial charge in [-0.2, -0.15) is 0 Å². The number of ketones is 1. The van der Waals surface area contributed by atoms with E-state index in [1.54, 1.807) is 24.3 Å². The maximum absolute atomic E-state index is 13.1. The fourth-order valence-electron chi connectivity index (χ4n) is 4.00. The van der Waals surface area contributed by atoms with E-state index in [4.69, 9.17) is 4.74 Å². The Bertz CT molecular complexity index is 1620. The van der Waals surface area contributed by atoms with Gasteiger partial charge in [0.1, 0.15) is 11.5 Å². The third kappa shape index (κ3) is 4.40. The third-order valence-electron chi connectivity index (χ3n) is 5.95. The number of carbonyl (C=O) groups is 5. The Kier molecular flexibility index (Phi) is 6.02. The molecule has 0 radical (unpaired) electrons. The standard InChI is InChI=1S/C29H17NO8/c31-25(16-3-10-21(11-4-16)38-22-12-5-18(6-13-22)29(36)37)19-7-14-23-24(15-19)27(33)30(26(23)32)20-8-1-17(2-9-20)28(34)35/h1-15H,(H,34,35)(H,36,37)/p-2. The van der Waals surface area contributed by atoms with Crippen molar-refractivity contribution in [3.05, 3.63) is 124 Å². The summed E-state index contributed by atoms with van der Waals surface area (Å²) < 4.78 is 5.67. The maximum Gasteiger partial charge on any atom is 0.266 e. The van der Waals surface area contributed by atoms with Crippen LogP contribution in [0.25, 0.3) is 0 Å². The molecule has 0 aromatic heterocycles. The first-order chi connectivity index (χ1) is 18.2. The summed E-state index contributed by atoms with van der Waals surface area (Å²) in [6, 6.07) is 21.2. The van der Waals surface area contributed by atoms with E-state index in [9.17, 15) is 34.2 Å². The van der Waals surface area contributed by atoms with Crippen molar-refractivity contribution in [3.8, 4) is 11.5 Å². The molecule has 0 N–H and O–H groups in total. The highest BCUT2D eigenvalue weighted by Gasteiger charge is 2.37. The first kappa shape index (κ1) is 24.1. The lowest BCUT2D eigenvalue weighted by molar-refractivity contribution is -0.256. The molecule has 0 saturated carbocycles. The van der Waals surface area contributed by atoms with E-state index in [1.165, 1.54) is 66.7 Å². The Morgan fingerprint density at radius 2 is 1.00 bits per heavy atom. The largest absolute Gasteiger partial charge is 0.545 e. The van der Waals surface area contributed by atoms with Gasteiger partial charge in [-0.25, -0.2) is 4.90 Å². The van der Waals surface area contributed by atoms with E-state index >= 15 is 0 Å². The summed E-state index contributed by atoms with van der Waals surface area (Å²) in [5, 5.41) is 21.8. The van der Waals surface area contributed by atoms with Gasteiger partial charge in [-0.1, -0.05) is 18.2 Å². The zero-order valence-electron chi connectivity index (χ0n) is 19.4. The molecule has 0 aliphatic carbocycles. The van der Waals surface area contributed by atoms with Crippen molar-refractivity contribution in [3.63, 3.8) is 0 Å². The summed E-state index contributed by atoms with van der Waals surface area (Å²) in [4.78, 5) is 61.7. The number of carboxylic acids is 2. The number of rotatable bonds is 7. The SMILES string of the molecule is O=C([O-])c1ccc(Oc2ccc(C(=O)c3ccc4c(c3)C(=O)N(c3ccc(C(=O)[O-])cc3)C4=O)cc2)cc1. The van der Waals surface area contributed by atoms with Crippen molar-refractivity contribution in [1.82, 2.24) is 0 Å². The van der Waals surface area contributed by atoms with E-state index in [0.29, 0.717) is 17.1 Å². The molecule has 1 aliphatic heterocycles. The topological polar surface area (TPSA) is 144 Å². The Hall–Kier alpha value is -5.57. The first-order valence-electron chi connectivity index (χ1n) is 11.2. The Morgan fingerprint density at radius 3 is 1.53 bits per heavy atom. The molecule has 38 heavy (non-hydrogen) atoms. The van der Waals surface area contributed by atoms with Crippen LogP contribution in [0, 0.1) is 0 Å². The van der Waals surface area contributed by atoms with Crippen molar-refractivity contribution < 1.29 is 38.9 Å². The number of hydrogen-bond acceptors (Lipinski definition) is 8. The summed E-state index contributed by atoms with van der Waals surface area (Å²) in [6.45, 7) is 0. The van der Waals surface area contributed by atoms with Gasteiger partial charge in [0.15, 0.2) is 5.78 Å². The molecule has 0 bridgehead atoms. The van der Waals surface area contributed by atoms with Crippen LogP contribution in [0.3, 0.4) is 0 Å². The number of benzene rings is 4. The van der Waals surface area contributed by atoms with Crippen LogP contribution in [0.4, 0.5) is 5.69 Å². The smallest absolute Gasteiger partial charge is 0.266 e. The molecule has 0 spiro atoms. The van der Waals surface area contributed by atoms with Gasteiger partial charge in [-0.3, -0.25) is 14.4 Å². The fraction of sp³-hybridized carbons (Fsp3) is 0. The molecule has 9 nitrogen and oxygen atoms in total. The number of nitrogens with zero attached hydrogens (tertiary/aromatic N) is 1. The molecule has 1 heterocycles. The van der Waals surface area contributed by atoms with Gasteiger partial charge in [0.2, 0.25) is 0 Å². The number of aromatic carboxylic acids is 2. The van der Waals surface area contributed by atoms with Crippen molar-refractivity contribution in [1.29, 1.82) is 0 Å². The number of carbonyl (C=O) groups excluding carboxylic acids is 5. The zero-order valence-corrected chi connectivity index (χ0v) is 19.4. The lowest BCUT2D eigenvalue weighted by Crippen LogP contribution is -2.29. The molecule has 186 valence electrons. The Labute approximate surface area is 215 Å². The van der Waals surface area contributed by atoms with Crippen LogP contribution in [-0.4, -0.2) is 29.5 Å². The minimum Gasteiger partial charge on any atom is -0.545 e. The highest BCUT2D eigenvalue weighted by atomic mass is 16.5. The minimum atomic E-state index is -1.38. The van der Waals surface area contributed by atoms with E-state index in [1.807, 2.05) is 0 Å². The predicted molar refractivity (Wildman–Crippen MR) is 129 cm³/mol. The van der Waals surface area contributed by atoms with Crippen LogP contribution in [0.2, 0.25) is 0 Å². The van der Waals surface area contributed by atoms with Gasteiger partial charge < -0.3 is 24.5 Å². The second-order valence-corrected chi connectivity index (χ2v) is 8.31. The first-order valence-corrected chi connectivity index (χ1v) is 11.2. The quantitative estimate of drug-likeness (QED) is 0.275. The molecule has 0 saturated heterocycles. The molecule has 0 unspecified atom stereocenters. The summed E-state index contributed by atoms with van der Waals surface area (Å²) in [5.41, 5.74) is 0.822. The molecule has 0 fully saturated rings. The molecule has 4 aromatic rings. The molecule has 5 rings (SSSR count). The Balaban J connectivity index is 1.33. The van der Waals surface area contributed by atoms with Crippen molar-refractivity contribution in [2.45, 2.75) is 0 Å². The summed E-state index contributed by atoms with van der Waals surface area (Å²) in [6.07, 6.45) is 0. The maximum atomic E-state index is 13.1. The molecule has 9 heteroatoms. The second-order valence-electron chi connectivity index (χ2n) is 8.31. The monoisotopic (exact) mass is 505 g/mol. The number of fused-ring (bicyclic) bond motifs is 1. The van der Waals surface area contributed by atoms with Gasteiger partial charge in [0.05, 0.1) is 28.8 Å². The molecule has 2 amide bonds. The average molecular weight is 505 g/mol. The van der Waals surface area contributed by atoms with Crippen LogP contribution in [0.15, 0.2) is 91.0 Å². The summed E-state index contributed by atoms with van der Waals surface area (Å²) in [5.74, 6) is -3.46. The highest BCUT2D eigenvalue weighted by Crippen LogP contribution is 2.30. The number of hydrogen-bond donors (Lipinski definition) is 0. The summed E-state index contributed by atoms with van der Waals surface area (Å²) >= 11 is 0. The van der Waals surface area contributed by atoms with Gasteiger partial charge >= 0.3 is 0 Å².